The summed E-state index contributed by atoms with van der Waals surface area (Å²) >= 11 is 0. The van der Waals surface area contributed by atoms with Gasteiger partial charge in [-0.2, -0.15) is 0 Å². The highest BCUT2D eigenvalue weighted by atomic mass is 16.5. The van der Waals surface area contributed by atoms with E-state index in [0.29, 0.717) is 24.5 Å². The van der Waals surface area contributed by atoms with E-state index in [1.54, 1.807) is 31.6 Å². The number of rotatable bonds is 7. The molecule has 2 heterocycles. The molecule has 132 valence electrons. The molecule has 0 atom stereocenters. The van der Waals surface area contributed by atoms with Gasteiger partial charge in [-0.1, -0.05) is 18.2 Å². The maximum absolute atomic E-state index is 12.2. The molecule has 0 unspecified atom stereocenters. The fraction of sp³-hybridized carbons (Fsp3) is 0.150. The van der Waals surface area contributed by atoms with Crippen molar-refractivity contribution in [1.29, 1.82) is 0 Å². The summed E-state index contributed by atoms with van der Waals surface area (Å²) in [6.45, 7) is 1.03. The van der Waals surface area contributed by atoms with Gasteiger partial charge in [-0.25, -0.2) is 4.98 Å². The number of benzene rings is 1. The molecule has 3 rings (SSSR count). The van der Waals surface area contributed by atoms with Gasteiger partial charge in [-0.05, 0) is 42.0 Å². The smallest absolute Gasteiger partial charge is 0.253 e. The van der Waals surface area contributed by atoms with Crippen molar-refractivity contribution in [3.8, 4) is 5.75 Å². The Balaban J connectivity index is 1.51. The number of carbonyl (C=O) groups excluding carboxylic acids is 1. The second kappa shape index (κ2) is 8.62. The topological polar surface area (TPSA) is 76.1 Å². The van der Waals surface area contributed by atoms with Gasteiger partial charge >= 0.3 is 0 Å². The van der Waals surface area contributed by atoms with Crippen LogP contribution in [-0.2, 0) is 13.1 Å². The summed E-state index contributed by atoms with van der Waals surface area (Å²) in [6.07, 6.45) is 3.26. The van der Waals surface area contributed by atoms with E-state index in [2.05, 4.69) is 20.6 Å². The quantitative estimate of drug-likeness (QED) is 0.686. The first-order valence-corrected chi connectivity index (χ1v) is 8.25. The first kappa shape index (κ1) is 17.4. The van der Waals surface area contributed by atoms with Crippen molar-refractivity contribution in [2.45, 2.75) is 13.1 Å². The fourth-order valence-electron chi connectivity index (χ4n) is 2.34. The Kier molecular flexibility index (Phi) is 5.77. The first-order chi connectivity index (χ1) is 12.7. The highest BCUT2D eigenvalue weighted by molar-refractivity contribution is 5.93. The zero-order chi connectivity index (χ0) is 18.2. The fourth-order valence-corrected chi connectivity index (χ4v) is 2.34. The van der Waals surface area contributed by atoms with Crippen LogP contribution < -0.4 is 15.4 Å². The number of ether oxygens (including phenoxy) is 1. The molecule has 0 aliphatic carbocycles. The molecule has 1 amide bonds. The first-order valence-electron chi connectivity index (χ1n) is 8.25. The van der Waals surface area contributed by atoms with Crippen LogP contribution in [0, 0.1) is 0 Å². The van der Waals surface area contributed by atoms with E-state index < -0.39 is 0 Å². The number of hydrogen-bond donors (Lipinski definition) is 2. The summed E-state index contributed by atoms with van der Waals surface area (Å²) in [5.41, 5.74) is 2.44. The van der Waals surface area contributed by atoms with E-state index in [1.807, 2.05) is 42.5 Å². The molecule has 2 aromatic heterocycles. The summed E-state index contributed by atoms with van der Waals surface area (Å²) in [5.74, 6) is 1.36. The Morgan fingerprint density at radius 3 is 2.50 bits per heavy atom. The third-order valence-corrected chi connectivity index (χ3v) is 3.81. The number of pyridine rings is 2. The Morgan fingerprint density at radius 2 is 1.85 bits per heavy atom. The molecule has 0 radical (unpaired) electrons. The average molecular weight is 348 g/mol. The molecule has 6 heteroatoms. The molecular weight excluding hydrogens is 328 g/mol. The lowest BCUT2D eigenvalue weighted by Crippen LogP contribution is -2.23. The highest BCUT2D eigenvalue weighted by Crippen LogP contribution is 2.13. The van der Waals surface area contributed by atoms with Crippen LogP contribution in [0.25, 0.3) is 0 Å². The molecule has 0 aliphatic heterocycles. The number of nitrogens with zero attached hydrogens (tertiary/aromatic N) is 2. The Labute approximate surface area is 152 Å². The second-order valence-corrected chi connectivity index (χ2v) is 5.64. The van der Waals surface area contributed by atoms with Crippen LogP contribution in [0.1, 0.15) is 21.6 Å². The zero-order valence-corrected chi connectivity index (χ0v) is 14.5. The van der Waals surface area contributed by atoms with Gasteiger partial charge in [0.2, 0.25) is 0 Å². The number of anilines is 1. The maximum atomic E-state index is 12.2. The predicted molar refractivity (Wildman–Crippen MR) is 100.0 cm³/mol. The Bertz CT molecular complexity index is 834. The standard InChI is InChI=1S/C20H20N4O2/c1-26-18-8-5-15(6-9-18)12-22-19-10-7-16(13-23-19)20(25)24-14-17-4-2-3-11-21-17/h2-11,13H,12,14H2,1H3,(H,22,23)(H,24,25). The summed E-state index contributed by atoms with van der Waals surface area (Å²) in [4.78, 5) is 20.6. The summed E-state index contributed by atoms with van der Waals surface area (Å²) < 4.78 is 5.14. The summed E-state index contributed by atoms with van der Waals surface area (Å²) in [7, 11) is 1.64. The SMILES string of the molecule is COc1ccc(CNc2ccc(C(=O)NCc3ccccn3)cn2)cc1. The van der Waals surface area contributed by atoms with Crippen molar-refractivity contribution >= 4 is 11.7 Å². The molecule has 0 bridgehead atoms. The summed E-state index contributed by atoms with van der Waals surface area (Å²) in [6, 6.07) is 16.9. The Morgan fingerprint density at radius 1 is 1.00 bits per heavy atom. The molecular formula is C20H20N4O2. The Hall–Kier alpha value is -3.41. The van der Waals surface area contributed by atoms with Crippen molar-refractivity contribution < 1.29 is 9.53 Å². The van der Waals surface area contributed by atoms with Crippen molar-refractivity contribution in [3.63, 3.8) is 0 Å². The van der Waals surface area contributed by atoms with Gasteiger partial charge in [0.15, 0.2) is 0 Å². The van der Waals surface area contributed by atoms with Gasteiger partial charge < -0.3 is 15.4 Å². The number of carbonyl (C=O) groups is 1. The lowest BCUT2D eigenvalue weighted by molar-refractivity contribution is 0.0950. The van der Waals surface area contributed by atoms with Crippen molar-refractivity contribution in [3.05, 3.63) is 83.8 Å². The highest BCUT2D eigenvalue weighted by Gasteiger charge is 2.06. The van der Waals surface area contributed by atoms with Crippen LogP contribution in [0.5, 0.6) is 5.75 Å². The second-order valence-electron chi connectivity index (χ2n) is 5.64. The van der Waals surface area contributed by atoms with Crippen molar-refractivity contribution in [1.82, 2.24) is 15.3 Å². The van der Waals surface area contributed by atoms with Crippen LogP contribution in [-0.4, -0.2) is 23.0 Å². The van der Waals surface area contributed by atoms with Crippen LogP contribution >= 0.6 is 0 Å². The van der Waals surface area contributed by atoms with Crippen molar-refractivity contribution in [2.24, 2.45) is 0 Å². The van der Waals surface area contributed by atoms with Crippen LogP contribution in [0.2, 0.25) is 0 Å². The number of aromatic nitrogens is 2. The van der Waals surface area contributed by atoms with Gasteiger partial charge in [-0.15, -0.1) is 0 Å². The third kappa shape index (κ3) is 4.80. The van der Waals surface area contributed by atoms with Gasteiger partial charge in [0.25, 0.3) is 5.91 Å². The lowest BCUT2D eigenvalue weighted by atomic mass is 10.2. The minimum absolute atomic E-state index is 0.176. The van der Waals surface area contributed by atoms with Gasteiger partial charge in [0.05, 0.1) is 24.9 Å². The van der Waals surface area contributed by atoms with Gasteiger partial charge in [0.1, 0.15) is 11.6 Å². The van der Waals surface area contributed by atoms with E-state index in [-0.39, 0.29) is 5.91 Å². The van der Waals surface area contributed by atoms with E-state index in [9.17, 15) is 4.79 Å². The monoisotopic (exact) mass is 348 g/mol. The van der Waals surface area contributed by atoms with Gasteiger partial charge in [0, 0.05) is 18.9 Å². The van der Waals surface area contributed by atoms with E-state index >= 15 is 0 Å². The minimum Gasteiger partial charge on any atom is -0.497 e. The van der Waals surface area contributed by atoms with E-state index in [0.717, 1.165) is 17.0 Å². The normalized spacial score (nSPS) is 10.2. The van der Waals surface area contributed by atoms with Crippen LogP contribution in [0.15, 0.2) is 67.0 Å². The molecule has 1 aromatic carbocycles. The largest absolute Gasteiger partial charge is 0.497 e. The van der Waals surface area contributed by atoms with Crippen molar-refractivity contribution in [2.75, 3.05) is 12.4 Å². The maximum Gasteiger partial charge on any atom is 0.253 e. The third-order valence-electron chi connectivity index (χ3n) is 3.81. The molecule has 0 saturated heterocycles. The van der Waals surface area contributed by atoms with E-state index in [1.165, 1.54) is 0 Å². The number of hydrogen-bond acceptors (Lipinski definition) is 5. The van der Waals surface area contributed by atoms with E-state index in [4.69, 9.17) is 4.74 Å². The molecule has 0 fully saturated rings. The summed E-state index contributed by atoms with van der Waals surface area (Å²) in [5, 5.41) is 6.06. The molecule has 26 heavy (non-hydrogen) atoms. The molecule has 2 N–H and O–H groups in total. The molecule has 0 aliphatic rings. The number of methoxy groups -OCH3 is 1. The molecule has 0 saturated carbocycles. The molecule has 3 aromatic rings. The van der Waals surface area contributed by atoms with Crippen LogP contribution in [0.4, 0.5) is 5.82 Å². The lowest BCUT2D eigenvalue weighted by Gasteiger charge is -2.08. The molecule has 6 nitrogen and oxygen atoms in total. The predicted octanol–water partition coefficient (Wildman–Crippen LogP) is 3.03. The van der Waals surface area contributed by atoms with Crippen LogP contribution in [0.3, 0.4) is 0 Å². The zero-order valence-electron chi connectivity index (χ0n) is 14.5. The number of amides is 1. The number of nitrogens with one attached hydrogen (secondary N) is 2. The minimum atomic E-state index is -0.176. The van der Waals surface area contributed by atoms with Gasteiger partial charge in [-0.3, -0.25) is 9.78 Å². The average Bonchev–Trinajstić information content (AvgIpc) is 2.72. The molecule has 0 spiro atoms.